The molecule has 78 valence electrons. The molecule has 1 aromatic heterocycles. The average molecular weight is 270 g/mol. The van der Waals surface area contributed by atoms with Crippen molar-refractivity contribution in [2.75, 3.05) is 7.11 Å². The van der Waals surface area contributed by atoms with Crippen LogP contribution in [0.5, 0.6) is 5.75 Å². The zero-order chi connectivity index (χ0) is 10.8. The number of ether oxygens (including phenoxy) is 1. The molecular weight excluding hydrogens is 263 g/mol. The van der Waals surface area contributed by atoms with Gasteiger partial charge in [0.05, 0.1) is 24.6 Å². The summed E-state index contributed by atoms with van der Waals surface area (Å²) < 4.78 is 42.0. The van der Waals surface area contributed by atoms with Crippen molar-refractivity contribution in [3.63, 3.8) is 0 Å². The van der Waals surface area contributed by atoms with Crippen LogP contribution in [-0.4, -0.2) is 12.1 Å². The van der Waals surface area contributed by atoms with Crippen LogP contribution in [-0.2, 0) is 11.5 Å². The van der Waals surface area contributed by atoms with Crippen LogP contribution in [0.1, 0.15) is 11.3 Å². The summed E-state index contributed by atoms with van der Waals surface area (Å²) in [7, 11) is 1.30. The van der Waals surface area contributed by atoms with E-state index in [2.05, 4.69) is 25.7 Å². The molecule has 0 unspecified atom stereocenters. The third-order valence-corrected chi connectivity index (χ3v) is 2.14. The minimum atomic E-state index is -4.40. The maximum absolute atomic E-state index is 12.4. The van der Waals surface area contributed by atoms with Crippen molar-refractivity contribution in [3.05, 3.63) is 23.5 Å². The monoisotopic (exact) mass is 269 g/mol. The molecule has 2 nitrogen and oxygen atoms in total. The molecule has 0 radical (unpaired) electrons. The Balaban J connectivity index is 3.22. The SMILES string of the molecule is COc1cnc(CBr)c(C(F)(F)F)c1. The van der Waals surface area contributed by atoms with Crippen molar-refractivity contribution in [3.8, 4) is 5.75 Å². The van der Waals surface area contributed by atoms with Crippen LogP contribution in [0, 0.1) is 0 Å². The second-order valence-corrected chi connectivity index (χ2v) is 3.06. The van der Waals surface area contributed by atoms with Gasteiger partial charge in [-0.1, -0.05) is 15.9 Å². The Bertz CT molecular complexity index is 327. The van der Waals surface area contributed by atoms with E-state index in [4.69, 9.17) is 0 Å². The highest BCUT2D eigenvalue weighted by atomic mass is 79.9. The molecule has 1 aromatic rings. The lowest BCUT2D eigenvalue weighted by Crippen LogP contribution is -2.10. The molecule has 0 spiro atoms. The Morgan fingerprint density at radius 1 is 1.50 bits per heavy atom. The summed E-state index contributed by atoms with van der Waals surface area (Å²) in [4.78, 5) is 3.64. The summed E-state index contributed by atoms with van der Waals surface area (Å²) in [6.45, 7) is 0. The van der Waals surface area contributed by atoms with E-state index in [-0.39, 0.29) is 16.8 Å². The van der Waals surface area contributed by atoms with E-state index < -0.39 is 11.7 Å². The zero-order valence-electron chi connectivity index (χ0n) is 7.23. The molecule has 0 aliphatic heterocycles. The lowest BCUT2D eigenvalue weighted by Gasteiger charge is -2.11. The summed E-state index contributed by atoms with van der Waals surface area (Å²) in [6, 6.07) is 0.934. The molecule has 0 N–H and O–H groups in total. The highest BCUT2D eigenvalue weighted by Gasteiger charge is 2.34. The van der Waals surface area contributed by atoms with Crippen LogP contribution < -0.4 is 4.74 Å². The smallest absolute Gasteiger partial charge is 0.418 e. The average Bonchev–Trinajstić information content (AvgIpc) is 2.15. The van der Waals surface area contributed by atoms with Gasteiger partial charge in [0.15, 0.2) is 0 Å². The van der Waals surface area contributed by atoms with Crippen LogP contribution in [0.3, 0.4) is 0 Å². The standard InChI is InChI=1S/C8H7BrF3NO/c1-14-5-2-6(8(10,11)12)7(3-9)13-4-5/h2,4H,3H2,1H3. The second-order valence-electron chi connectivity index (χ2n) is 2.50. The summed E-state index contributed by atoms with van der Waals surface area (Å²) in [5.41, 5.74) is -0.813. The van der Waals surface area contributed by atoms with Gasteiger partial charge < -0.3 is 4.74 Å². The molecule has 0 atom stereocenters. The molecular formula is C8H7BrF3NO. The van der Waals surface area contributed by atoms with Crippen LogP contribution in [0.25, 0.3) is 0 Å². The van der Waals surface area contributed by atoms with Gasteiger partial charge in [-0.15, -0.1) is 0 Å². The van der Waals surface area contributed by atoms with Crippen LogP contribution >= 0.6 is 15.9 Å². The third kappa shape index (κ3) is 2.37. The third-order valence-electron chi connectivity index (χ3n) is 1.61. The summed E-state index contributed by atoms with van der Waals surface area (Å²) in [5.74, 6) is 0.0991. The van der Waals surface area contributed by atoms with Gasteiger partial charge in [0.25, 0.3) is 0 Å². The fraction of sp³-hybridized carbons (Fsp3) is 0.375. The molecule has 0 fully saturated rings. The van der Waals surface area contributed by atoms with Gasteiger partial charge in [-0.3, -0.25) is 4.98 Å². The van der Waals surface area contributed by atoms with Crippen molar-refractivity contribution in [1.29, 1.82) is 0 Å². The van der Waals surface area contributed by atoms with E-state index in [1.165, 1.54) is 13.3 Å². The van der Waals surface area contributed by atoms with E-state index >= 15 is 0 Å². The molecule has 1 rings (SSSR count). The number of hydrogen-bond donors (Lipinski definition) is 0. The first-order valence-corrected chi connectivity index (χ1v) is 4.77. The van der Waals surface area contributed by atoms with E-state index in [1.54, 1.807) is 0 Å². The van der Waals surface area contributed by atoms with E-state index in [0.717, 1.165) is 6.07 Å². The largest absolute Gasteiger partial charge is 0.495 e. The second kappa shape index (κ2) is 4.16. The van der Waals surface area contributed by atoms with Gasteiger partial charge in [0.1, 0.15) is 5.75 Å². The zero-order valence-corrected chi connectivity index (χ0v) is 8.82. The first-order valence-electron chi connectivity index (χ1n) is 3.65. The molecule has 0 saturated carbocycles. The summed E-state index contributed by atoms with van der Waals surface area (Å²) in [6.07, 6.45) is -3.14. The van der Waals surface area contributed by atoms with Gasteiger partial charge in [0.2, 0.25) is 0 Å². The molecule has 6 heteroatoms. The number of halogens is 4. The highest BCUT2D eigenvalue weighted by molar-refractivity contribution is 9.08. The van der Waals surface area contributed by atoms with Gasteiger partial charge in [-0.2, -0.15) is 13.2 Å². The molecule has 0 amide bonds. The van der Waals surface area contributed by atoms with Gasteiger partial charge in [0, 0.05) is 5.33 Å². The van der Waals surface area contributed by atoms with Gasteiger partial charge in [-0.05, 0) is 6.07 Å². The number of aromatic nitrogens is 1. The van der Waals surface area contributed by atoms with E-state index in [0.29, 0.717) is 0 Å². The number of methoxy groups -OCH3 is 1. The van der Waals surface area contributed by atoms with E-state index in [9.17, 15) is 13.2 Å². The molecule has 14 heavy (non-hydrogen) atoms. The van der Waals surface area contributed by atoms with Crippen LogP contribution in [0.15, 0.2) is 12.3 Å². The Hall–Kier alpha value is -0.780. The fourth-order valence-electron chi connectivity index (χ4n) is 0.937. The highest BCUT2D eigenvalue weighted by Crippen LogP contribution is 2.33. The summed E-state index contributed by atoms with van der Waals surface area (Å²) in [5, 5.41) is 0.0613. The first-order chi connectivity index (χ1) is 6.49. The predicted molar refractivity (Wildman–Crippen MR) is 48.4 cm³/mol. The Morgan fingerprint density at radius 2 is 2.14 bits per heavy atom. The predicted octanol–water partition coefficient (Wildman–Crippen LogP) is 3.00. The molecule has 0 saturated heterocycles. The Kier molecular flexibility index (Phi) is 3.36. The number of rotatable bonds is 2. The van der Waals surface area contributed by atoms with Crippen molar-refractivity contribution in [1.82, 2.24) is 4.98 Å². The maximum atomic E-state index is 12.4. The Labute approximate surface area is 87.2 Å². The molecule has 1 heterocycles. The van der Waals surface area contributed by atoms with Crippen LogP contribution in [0.2, 0.25) is 0 Å². The van der Waals surface area contributed by atoms with Gasteiger partial charge in [-0.25, -0.2) is 0 Å². The quantitative estimate of drug-likeness (QED) is 0.771. The number of pyridine rings is 1. The molecule has 0 aliphatic carbocycles. The number of nitrogens with zero attached hydrogens (tertiary/aromatic N) is 1. The van der Waals surface area contributed by atoms with Crippen molar-refractivity contribution < 1.29 is 17.9 Å². The molecule has 0 aromatic carbocycles. The summed E-state index contributed by atoms with van der Waals surface area (Å²) >= 11 is 2.94. The number of hydrogen-bond acceptors (Lipinski definition) is 2. The Morgan fingerprint density at radius 3 is 2.57 bits per heavy atom. The van der Waals surface area contributed by atoms with Gasteiger partial charge >= 0.3 is 6.18 Å². The minimum Gasteiger partial charge on any atom is -0.495 e. The maximum Gasteiger partial charge on any atom is 0.418 e. The molecule has 0 aliphatic rings. The lowest BCUT2D eigenvalue weighted by molar-refractivity contribution is -0.138. The topological polar surface area (TPSA) is 22.1 Å². The van der Waals surface area contributed by atoms with Crippen molar-refractivity contribution in [2.24, 2.45) is 0 Å². The molecule has 0 bridgehead atoms. The fourth-order valence-corrected chi connectivity index (χ4v) is 1.38. The van der Waals surface area contributed by atoms with Crippen molar-refractivity contribution in [2.45, 2.75) is 11.5 Å². The van der Waals surface area contributed by atoms with Crippen LogP contribution in [0.4, 0.5) is 13.2 Å². The van der Waals surface area contributed by atoms with E-state index in [1.807, 2.05) is 0 Å². The first kappa shape index (κ1) is 11.3. The van der Waals surface area contributed by atoms with Crippen molar-refractivity contribution >= 4 is 15.9 Å². The normalized spacial score (nSPS) is 11.5. The minimum absolute atomic E-state index is 0.0432. The number of alkyl halides is 4. The lowest BCUT2D eigenvalue weighted by atomic mass is 10.2.